The molecule has 0 spiro atoms. The third-order valence-electron chi connectivity index (χ3n) is 4.34. The number of carbonyl (C=O) groups is 2. The molecule has 1 aromatic carbocycles. The Morgan fingerprint density at radius 3 is 2.18 bits per heavy atom. The summed E-state index contributed by atoms with van der Waals surface area (Å²) >= 11 is 0. The predicted molar refractivity (Wildman–Crippen MR) is 87.8 cm³/mol. The van der Waals surface area contributed by atoms with Gasteiger partial charge in [-0.1, -0.05) is 50.6 Å². The maximum Gasteiger partial charge on any atom is 0.305 e. The van der Waals surface area contributed by atoms with E-state index in [1.807, 2.05) is 52.0 Å². The average molecular weight is 305 g/mol. The molecule has 0 aromatic heterocycles. The maximum absolute atomic E-state index is 12.4. The van der Waals surface area contributed by atoms with Crippen molar-refractivity contribution in [1.82, 2.24) is 5.32 Å². The average Bonchev–Trinajstić information content (AvgIpc) is 2.48. The van der Waals surface area contributed by atoms with Gasteiger partial charge in [-0.2, -0.15) is 0 Å². The summed E-state index contributed by atoms with van der Waals surface area (Å²) in [6.45, 7) is 7.74. The number of aliphatic carboxylic acids is 1. The Balaban J connectivity index is 2.72. The van der Waals surface area contributed by atoms with Crippen molar-refractivity contribution in [2.75, 3.05) is 0 Å². The topological polar surface area (TPSA) is 66.4 Å². The predicted octanol–water partition coefficient (Wildman–Crippen LogP) is 3.32. The van der Waals surface area contributed by atoms with Crippen LogP contribution in [-0.4, -0.2) is 22.5 Å². The molecule has 0 heterocycles. The van der Waals surface area contributed by atoms with Crippen LogP contribution in [0.5, 0.6) is 0 Å². The van der Waals surface area contributed by atoms with Crippen molar-refractivity contribution < 1.29 is 14.7 Å². The lowest BCUT2D eigenvalue weighted by atomic mass is 9.87. The van der Waals surface area contributed by atoms with E-state index in [-0.39, 0.29) is 18.2 Å². The Kier molecular flexibility index (Phi) is 6.60. The van der Waals surface area contributed by atoms with E-state index in [4.69, 9.17) is 5.11 Å². The SMILES string of the molecule is CCC(CC)(CC(=O)O)NC(=O)C(C)Cc1ccc(C)cc1. The number of benzene rings is 1. The minimum Gasteiger partial charge on any atom is -0.481 e. The third kappa shape index (κ3) is 5.17. The Hall–Kier alpha value is -1.84. The van der Waals surface area contributed by atoms with E-state index in [1.165, 1.54) is 5.56 Å². The van der Waals surface area contributed by atoms with Gasteiger partial charge in [-0.05, 0) is 31.7 Å². The fourth-order valence-corrected chi connectivity index (χ4v) is 2.57. The number of aryl methyl sites for hydroxylation is 1. The first-order valence-corrected chi connectivity index (χ1v) is 7.91. The summed E-state index contributed by atoms with van der Waals surface area (Å²) in [5.41, 5.74) is 1.66. The largest absolute Gasteiger partial charge is 0.481 e. The van der Waals surface area contributed by atoms with E-state index in [0.29, 0.717) is 19.3 Å². The quantitative estimate of drug-likeness (QED) is 0.774. The molecule has 4 heteroatoms. The van der Waals surface area contributed by atoms with Gasteiger partial charge in [0.25, 0.3) is 0 Å². The summed E-state index contributed by atoms with van der Waals surface area (Å²) in [6.07, 6.45) is 1.84. The molecular weight excluding hydrogens is 278 g/mol. The van der Waals surface area contributed by atoms with Crippen LogP contribution >= 0.6 is 0 Å². The van der Waals surface area contributed by atoms with Crippen LogP contribution in [0, 0.1) is 12.8 Å². The molecule has 1 aromatic rings. The molecule has 0 radical (unpaired) electrons. The minimum absolute atomic E-state index is 0.0387. The molecule has 0 aliphatic carbocycles. The second-order valence-corrected chi connectivity index (χ2v) is 6.14. The lowest BCUT2D eigenvalue weighted by Crippen LogP contribution is -2.50. The molecule has 122 valence electrons. The molecule has 0 aliphatic rings. The van der Waals surface area contributed by atoms with E-state index < -0.39 is 11.5 Å². The van der Waals surface area contributed by atoms with Crippen molar-refractivity contribution in [3.8, 4) is 0 Å². The smallest absolute Gasteiger partial charge is 0.305 e. The highest BCUT2D eigenvalue weighted by Gasteiger charge is 2.32. The van der Waals surface area contributed by atoms with Crippen LogP contribution in [0.25, 0.3) is 0 Å². The van der Waals surface area contributed by atoms with Crippen LogP contribution in [-0.2, 0) is 16.0 Å². The van der Waals surface area contributed by atoms with E-state index in [1.54, 1.807) is 0 Å². The van der Waals surface area contributed by atoms with Crippen LogP contribution in [0.1, 0.15) is 51.2 Å². The van der Waals surface area contributed by atoms with Gasteiger partial charge in [-0.3, -0.25) is 9.59 Å². The van der Waals surface area contributed by atoms with Gasteiger partial charge in [0.15, 0.2) is 0 Å². The fraction of sp³-hybridized carbons (Fsp3) is 0.556. The molecule has 0 aliphatic heterocycles. The first-order valence-electron chi connectivity index (χ1n) is 7.91. The first kappa shape index (κ1) is 18.2. The number of carboxylic acids is 1. The molecular formula is C18H27NO3. The summed E-state index contributed by atoms with van der Waals surface area (Å²) in [5, 5.41) is 12.0. The first-order chi connectivity index (χ1) is 10.3. The highest BCUT2D eigenvalue weighted by Crippen LogP contribution is 2.21. The summed E-state index contributed by atoms with van der Waals surface area (Å²) < 4.78 is 0. The molecule has 1 atom stereocenters. The molecule has 1 amide bonds. The summed E-state index contributed by atoms with van der Waals surface area (Å²) in [7, 11) is 0. The van der Waals surface area contributed by atoms with Crippen molar-refractivity contribution >= 4 is 11.9 Å². The normalized spacial score (nSPS) is 12.7. The van der Waals surface area contributed by atoms with Crippen molar-refractivity contribution in [3.05, 3.63) is 35.4 Å². The molecule has 0 saturated heterocycles. The summed E-state index contributed by atoms with van der Waals surface area (Å²) in [5.74, 6) is -1.14. The second-order valence-electron chi connectivity index (χ2n) is 6.14. The molecule has 4 nitrogen and oxygen atoms in total. The van der Waals surface area contributed by atoms with E-state index in [2.05, 4.69) is 5.32 Å². The van der Waals surface area contributed by atoms with Crippen molar-refractivity contribution in [1.29, 1.82) is 0 Å². The lowest BCUT2D eigenvalue weighted by molar-refractivity contribution is -0.139. The monoisotopic (exact) mass is 305 g/mol. The number of carbonyl (C=O) groups excluding carboxylic acids is 1. The summed E-state index contributed by atoms with van der Waals surface area (Å²) in [4.78, 5) is 23.5. The van der Waals surface area contributed by atoms with Gasteiger partial charge in [0.2, 0.25) is 5.91 Å². The van der Waals surface area contributed by atoms with Crippen LogP contribution in [0.3, 0.4) is 0 Å². The van der Waals surface area contributed by atoms with Gasteiger partial charge < -0.3 is 10.4 Å². The highest BCUT2D eigenvalue weighted by atomic mass is 16.4. The molecule has 2 N–H and O–H groups in total. The zero-order valence-electron chi connectivity index (χ0n) is 14.0. The van der Waals surface area contributed by atoms with Crippen LogP contribution in [0.15, 0.2) is 24.3 Å². The zero-order chi connectivity index (χ0) is 16.8. The number of hydrogen-bond acceptors (Lipinski definition) is 2. The summed E-state index contributed by atoms with van der Waals surface area (Å²) in [6, 6.07) is 8.13. The van der Waals surface area contributed by atoms with Crippen molar-refractivity contribution in [2.24, 2.45) is 5.92 Å². The van der Waals surface area contributed by atoms with E-state index in [9.17, 15) is 9.59 Å². The molecule has 0 bridgehead atoms. The van der Waals surface area contributed by atoms with Crippen molar-refractivity contribution in [2.45, 2.75) is 58.9 Å². The number of hydrogen-bond donors (Lipinski definition) is 2. The lowest BCUT2D eigenvalue weighted by Gasteiger charge is -2.32. The molecule has 1 rings (SSSR count). The van der Waals surface area contributed by atoms with Gasteiger partial charge >= 0.3 is 5.97 Å². The standard InChI is InChI=1S/C18H27NO3/c1-5-18(6-2,12-16(20)21)19-17(22)14(4)11-15-9-7-13(3)8-10-15/h7-10,14H,5-6,11-12H2,1-4H3,(H,19,22)(H,20,21). The second kappa shape index (κ2) is 7.97. The molecule has 0 saturated carbocycles. The van der Waals surface area contributed by atoms with Crippen LogP contribution in [0.4, 0.5) is 0 Å². The van der Waals surface area contributed by atoms with Gasteiger partial charge in [0.1, 0.15) is 0 Å². The zero-order valence-corrected chi connectivity index (χ0v) is 14.0. The van der Waals surface area contributed by atoms with Gasteiger partial charge in [0.05, 0.1) is 6.42 Å². The number of rotatable bonds is 8. The molecule has 0 fully saturated rings. The van der Waals surface area contributed by atoms with Gasteiger partial charge in [-0.25, -0.2) is 0 Å². The third-order valence-corrected chi connectivity index (χ3v) is 4.34. The minimum atomic E-state index is -0.879. The van der Waals surface area contributed by atoms with Crippen LogP contribution in [0.2, 0.25) is 0 Å². The maximum atomic E-state index is 12.4. The van der Waals surface area contributed by atoms with Gasteiger partial charge in [0, 0.05) is 11.5 Å². The fourth-order valence-electron chi connectivity index (χ4n) is 2.57. The Bertz CT molecular complexity index is 504. The molecule has 22 heavy (non-hydrogen) atoms. The van der Waals surface area contributed by atoms with Crippen LogP contribution < -0.4 is 5.32 Å². The molecule has 1 unspecified atom stereocenters. The van der Waals surface area contributed by atoms with Gasteiger partial charge in [-0.15, -0.1) is 0 Å². The Morgan fingerprint density at radius 2 is 1.73 bits per heavy atom. The number of carboxylic acid groups (broad SMARTS) is 1. The Morgan fingerprint density at radius 1 is 1.18 bits per heavy atom. The number of nitrogens with one attached hydrogen (secondary N) is 1. The van der Waals surface area contributed by atoms with E-state index >= 15 is 0 Å². The number of amides is 1. The Labute approximate surface area is 132 Å². The highest BCUT2D eigenvalue weighted by molar-refractivity contribution is 5.80. The van der Waals surface area contributed by atoms with Crippen molar-refractivity contribution in [3.63, 3.8) is 0 Å². The van der Waals surface area contributed by atoms with E-state index in [0.717, 1.165) is 5.56 Å².